The molecule has 1 heterocycles. The average molecular weight is 284 g/mol. The van der Waals surface area contributed by atoms with Crippen LogP contribution in [-0.2, 0) is 0 Å². The van der Waals surface area contributed by atoms with Gasteiger partial charge in [0, 0.05) is 6.04 Å². The lowest BCUT2D eigenvalue weighted by molar-refractivity contribution is 0.112. The first-order valence-corrected chi connectivity index (χ1v) is 7.26. The first-order chi connectivity index (χ1) is 9.12. The molecule has 0 aliphatic rings. The molecule has 1 aromatic rings. The van der Waals surface area contributed by atoms with E-state index in [4.69, 9.17) is 11.6 Å². The molecule has 1 atom stereocenters. The van der Waals surface area contributed by atoms with Crippen LogP contribution in [0.5, 0.6) is 0 Å². The average Bonchev–Trinajstić information content (AvgIpc) is 2.35. The van der Waals surface area contributed by atoms with Gasteiger partial charge in [-0.15, -0.1) is 0 Å². The largest absolute Gasteiger partial charge is 0.367 e. The molecule has 1 unspecified atom stereocenters. The number of unbranched alkanes of at least 4 members (excludes halogenated alkanes) is 1. The summed E-state index contributed by atoms with van der Waals surface area (Å²) in [5.41, 5.74) is 0.352. The fraction of sp³-hybridized carbons (Fsp3) is 0.643. The van der Waals surface area contributed by atoms with Gasteiger partial charge in [0.25, 0.3) is 0 Å². The number of rotatable bonds is 8. The number of nitrogens with zero attached hydrogens (tertiary/aromatic N) is 2. The van der Waals surface area contributed by atoms with Crippen LogP contribution in [0, 0.1) is 6.92 Å². The van der Waals surface area contributed by atoms with Gasteiger partial charge in [-0.3, -0.25) is 4.79 Å². The molecule has 0 aromatic carbocycles. The molecule has 0 fully saturated rings. The molecule has 0 saturated carbocycles. The third-order valence-corrected chi connectivity index (χ3v) is 3.30. The Morgan fingerprint density at radius 1 is 1.26 bits per heavy atom. The molecule has 1 aromatic heterocycles. The molecule has 0 aliphatic carbocycles. The minimum absolute atomic E-state index is 0.218. The summed E-state index contributed by atoms with van der Waals surface area (Å²) in [6.07, 6.45) is 6.25. The number of carbonyl (C=O) groups excluding carboxylic acids is 1. The molecule has 0 amide bonds. The maximum Gasteiger partial charge on any atom is 0.156 e. The minimum atomic E-state index is 0.218. The number of carbonyl (C=O) groups is 1. The molecule has 106 valence electrons. The third kappa shape index (κ3) is 4.78. The lowest BCUT2D eigenvalue weighted by atomic mass is 10.0. The highest BCUT2D eigenvalue weighted by atomic mass is 35.5. The number of hydrogen-bond donors (Lipinski definition) is 1. The first kappa shape index (κ1) is 15.9. The Labute approximate surface area is 120 Å². The topological polar surface area (TPSA) is 54.9 Å². The van der Waals surface area contributed by atoms with E-state index in [0.29, 0.717) is 29.5 Å². The second kappa shape index (κ2) is 8.10. The molecule has 5 heteroatoms. The van der Waals surface area contributed by atoms with E-state index in [-0.39, 0.29) is 5.15 Å². The van der Waals surface area contributed by atoms with Crippen LogP contribution >= 0.6 is 11.6 Å². The van der Waals surface area contributed by atoms with Gasteiger partial charge in [-0.2, -0.15) is 0 Å². The fourth-order valence-electron chi connectivity index (χ4n) is 2.04. The summed E-state index contributed by atoms with van der Waals surface area (Å²) in [7, 11) is 0. The molecule has 1 N–H and O–H groups in total. The van der Waals surface area contributed by atoms with E-state index in [1.165, 1.54) is 0 Å². The van der Waals surface area contributed by atoms with Crippen LogP contribution in [0.25, 0.3) is 0 Å². The van der Waals surface area contributed by atoms with Gasteiger partial charge >= 0.3 is 0 Å². The smallest absolute Gasteiger partial charge is 0.156 e. The van der Waals surface area contributed by atoms with Gasteiger partial charge in [0.2, 0.25) is 0 Å². The molecule has 4 nitrogen and oxygen atoms in total. The maximum absolute atomic E-state index is 11.1. The SMILES string of the molecule is CCCCC(CCC)Nc1nc(C)nc(Cl)c1C=O. The molecule has 0 aliphatic heterocycles. The van der Waals surface area contributed by atoms with E-state index in [9.17, 15) is 4.79 Å². The highest BCUT2D eigenvalue weighted by Gasteiger charge is 2.14. The van der Waals surface area contributed by atoms with E-state index >= 15 is 0 Å². The van der Waals surface area contributed by atoms with Gasteiger partial charge in [-0.05, 0) is 19.8 Å². The monoisotopic (exact) mass is 283 g/mol. The van der Waals surface area contributed by atoms with Gasteiger partial charge in [0.05, 0.1) is 5.56 Å². The molecule has 0 spiro atoms. The van der Waals surface area contributed by atoms with Crippen LogP contribution in [-0.4, -0.2) is 22.3 Å². The van der Waals surface area contributed by atoms with Gasteiger partial charge < -0.3 is 5.32 Å². The fourth-order valence-corrected chi connectivity index (χ4v) is 2.30. The Bertz CT molecular complexity index is 423. The number of hydrogen-bond acceptors (Lipinski definition) is 4. The lowest BCUT2D eigenvalue weighted by Crippen LogP contribution is -2.21. The van der Waals surface area contributed by atoms with Crippen molar-refractivity contribution in [1.82, 2.24) is 9.97 Å². The van der Waals surface area contributed by atoms with E-state index in [1.54, 1.807) is 6.92 Å². The van der Waals surface area contributed by atoms with Crippen molar-refractivity contribution >= 4 is 23.7 Å². The zero-order chi connectivity index (χ0) is 14.3. The van der Waals surface area contributed by atoms with Gasteiger partial charge in [0.15, 0.2) is 6.29 Å². The number of aldehydes is 1. The lowest BCUT2D eigenvalue weighted by Gasteiger charge is -2.19. The molecule has 0 bridgehead atoms. The summed E-state index contributed by atoms with van der Waals surface area (Å²) in [4.78, 5) is 19.4. The Morgan fingerprint density at radius 3 is 2.58 bits per heavy atom. The summed E-state index contributed by atoms with van der Waals surface area (Å²) >= 11 is 5.98. The number of aryl methyl sites for hydroxylation is 1. The van der Waals surface area contributed by atoms with Crippen molar-refractivity contribution in [1.29, 1.82) is 0 Å². The van der Waals surface area contributed by atoms with Crippen molar-refractivity contribution in [2.45, 2.75) is 58.9 Å². The summed E-state index contributed by atoms with van der Waals surface area (Å²) in [5.74, 6) is 1.13. The van der Waals surface area contributed by atoms with E-state index in [2.05, 4.69) is 29.1 Å². The molecule has 19 heavy (non-hydrogen) atoms. The van der Waals surface area contributed by atoms with Crippen molar-refractivity contribution in [3.05, 3.63) is 16.5 Å². The van der Waals surface area contributed by atoms with Crippen molar-refractivity contribution in [2.24, 2.45) is 0 Å². The maximum atomic E-state index is 11.1. The normalized spacial score (nSPS) is 12.2. The number of anilines is 1. The molecular formula is C14H22ClN3O. The second-order valence-corrected chi connectivity index (χ2v) is 5.07. The molecule has 1 rings (SSSR count). The van der Waals surface area contributed by atoms with Crippen LogP contribution in [0.15, 0.2) is 0 Å². The molecule has 0 saturated heterocycles. The van der Waals surface area contributed by atoms with Crippen molar-refractivity contribution in [3.63, 3.8) is 0 Å². The third-order valence-electron chi connectivity index (χ3n) is 3.01. The first-order valence-electron chi connectivity index (χ1n) is 6.88. The quantitative estimate of drug-likeness (QED) is 0.578. The zero-order valence-electron chi connectivity index (χ0n) is 11.9. The zero-order valence-corrected chi connectivity index (χ0v) is 12.6. The van der Waals surface area contributed by atoms with Gasteiger partial charge in [-0.1, -0.05) is 44.7 Å². The van der Waals surface area contributed by atoms with E-state index in [0.717, 1.165) is 32.1 Å². The molecular weight excluding hydrogens is 262 g/mol. The van der Waals surface area contributed by atoms with Gasteiger partial charge in [0.1, 0.15) is 16.8 Å². The summed E-state index contributed by atoms with van der Waals surface area (Å²) in [6.45, 7) is 6.09. The van der Waals surface area contributed by atoms with Crippen LogP contribution < -0.4 is 5.32 Å². The number of aromatic nitrogens is 2. The Balaban J connectivity index is 2.90. The van der Waals surface area contributed by atoms with Crippen molar-refractivity contribution in [3.8, 4) is 0 Å². The highest BCUT2D eigenvalue weighted by molar-refractivity contribution is 6.32. The molecule has 0 radical (unpaired) electrons. The minimum Gasteiger partial charge on any atom is -0.367 e. The standard InChI is InChI=1S/C14H22ClN3O/c1-4-6-8-11(7-5-2)18-14-12(9-19)13(15)16-10(3)17-14/h9,11H,4-8H2,1-3H3,(H,16,17,18). The van der Waals surface area contributed by atoms with Gasteiger partial charge in [-0.25, -0.2) is 9.97 Å². The van der Waals surface area contributed by atoms with Crippen LogP contribution in [0.1, 0.15) is 62.1 Å². The highest BCUT2D eigenvalue weighted by Crippen LogP contribution is 2.21. The summed E-state index contributed by atoms with van der Waals surface area (Å²) in [6, 6.07) is 0.328. The Hall–Kier alpha value is -1.16. The Kier molecular flexibility index (Phi) is 6.78. The second-order valence-electron chi connectivity index (χ2n) is 4.71. The predicted octanol–water partition coefficient (Wildman–Crippen LogP) is 4.02. The van der Waals surface area contributed by atoms with Crippen LogP contribution in [0.4, 0.5) is 5.82 Å². The van der Waals surface area contributed by atoms with Crippen LogP contribution in [0.2, 0.25) is 5.15 Å². The van der Waals surface area contributed by atoms with Crippen LogP contribution in [0.3, 0.4) is 0 Å². The predicted molar refractivity (Wildman–Crippen MR) is 79.0 cm³/mol. The van der Waals surface area contributed by atoms with E-state index in [1.807, 2.05) is 0 Å². The number of nitrogens with one attached hydrogen (secondary N) is 1. The number of halogens is 1. The summed E-state index contributed by atoms with van der Waals surface area (Å²) in [5, 5.41) is 3.57. The summed E-state index contributed by atoms with van der Waals surface area (Å²) < 4.78 is 0. The Morgan fingerprint density at radius 2 is 2.00 bits per heavy atom. The van der Waals surface area contributed by atoms with Crippen molar-refractivity contribution < 1.29 is 4.79 Å². The van der Waals surface area contributed by atoms with E-state index < -0.39 is 0 Å². The van der Waals surface area contributed by atoms with Crippen molar-refractivity contribution in [2.75, 3.05) is 5.32 Å².